The molecule has 0 aliphatic carbocycles. The van der Waals surface area contributed by atoms with Gasteiger partial charge in [-0.1, -0.05) is 20.8 Å². The highest BCUT2D eigenvalue weighted by Gasteiger charge is 2.22. The van der Waals surface area contributed by atoms with Crippen LogP contribution in [0.4, 0.5) is 0 Å². The molecule has 1 aromatic heterocycles. The van der Waals surface area contributed by atoms with Crippen LogP contribution in [-0.4, -0.2) is 15.6 Å². The molecule has 0 bridgehead atoms. The van der Waals surface area contributed by atoms with Crippen LogP contribution in [0.25, 0.3) is 10.9 Å². The van der Waals surface area contributed by atoms with Crippen LogP contribution < -0.4 is 0 Å². The van der Waals surface area contributed by atoms with Gasteiger partial charge in [-0.15, -0.1) is 0 Å². The molecule has 2 aromatic rings. The maximum absolute atomic E-state index is 11.3. The van der Waals surface area contributed by atoms with Crippen molar-refractivity contribution < 1.29 is 9.90 Å². The Morgan fingerprint density at radius 1 is 1.32 bits per heavy atom. The van der Waals surface area contributed by atoms with Crippen molar-refractivity contribution in [2.45, 2.75) is 46.6 Å². The fourth-order valence-corrected chi connectivity index (χ4v) is 2.56. The van der Waals surface area contributed by atoms with Crippen molar-refractivity contribution in [3.63, 3.8) is 0 Å². The summed E-state index contributed by atoms with van der Waals surface area (Å²) in [4.78, 5) is 11.3. The zero-order valence-electron chi connectivity index (χ0n) is 12.2. The van der Waals surface area contributed by atoms with Gasteiger partial charge >= 0.3 is 5.97 Å². The minimum Gasteiger partial charge on any atom is -0.478 e. The Kier molecular flexibility index (Phi) is 3.17. The number of aromatic nitrogens is 1. The van der Waals surface area contributed by atoms with Crippen LogP contribution in [0.2, 0.25) is 0 Å². The molecule has 0 atom stereocenters. The third-order valence-corrected chi connectivity index (χ3v) is 3.57. The summed E-state index contributed by atoms with van der Waals surface area (Å²) < 4.78 is 2.21. The summed E-state index contributed by atoms with van der Waals surface area (Å²) in [5.41, 5.74) is 3.68. The molecule has 19 heavy (non-hydrogen) atoms. The van der Waals surface area contributed by atoms with Crippen molar-refractivity contribution in [2.75, 3.05) is 0 Å². The van der Waals surface area contributed by atoms with Crippen molar-refractivity contribution in [1.82, 2.24) is 4.57 Å². The Morgan fingerprint density at radius 2 is 1.95 bits per heavy atom. The number of aryl methyl sites for hydroxylation is 2. The van der Waals surface area contributed by atoms with Crippen molar-refractivity contribution in [3.8, 4) is 0 Å². The second-order valence-electron chi connectivity index (χ2n) is 6.07. The smallest absolute Gasteiger partial charge is 0.335 e. The summed E-state index contributed by atoms with van der Waals surface area (Å²) in [6.07, 6.45) is 2.10. The van der Waals surface area contributed by atoms with Gasteiger partial charge < -0.3 is 9.67 Å². The number of aromatic carboxylic acids is 1. The Labute approximate surface area is 113 Å². The Bertz CT molecular complexity index is 645. The van der Waals surface area contributed by atoms with E-state index in [1.807, 2.05) is 13.0 Å². The first kappa shape index (κ1) is 13.7. The van der Waals surface area contributed by atoms with Crippen molar-refractivity contribution in [1.29, 1.82) is 0 Å². The van der Waals surface area contributed by atoms with Crippen LogP contribution in [0.3, 0.4) is 0 Å². The molecule has 0 fully saturated rings. The van der Waals surface area contributed by atoms with Gasteiger partial charge in [0.15, 0.2) is 0 Å². The lowest BCUT2D eigenvalue weighted by Crippen LogP contribution is -2.15. The van der Waals surface area contributed by atoms with Gasteiger partial charge in [0, 0.05) is 18.1 Å². The molecule has 102 valence electrons. The third kappa shape index (κ3) is 2.25. The lowest BCUT2D eigenvalue weighted by molar-refractivity contribution is 0.0697. The number of fused-ring (bicyclic) bond motifs is 1. The van der Waals surface area contributed by atoms with Gasteiger partial charge in [-0.3, -0.25) is 0 Å². The second kappa shape index (κ2) is 4.41. The van der Waals surface area contributed by atoms with Crippen LogP contribution in [-0.2, 0) is 12.0 Å². The fraction of sp³-hybridized carbons (Fsp3) is 0.438. The van der Waals surface area contributed by atoms with Gasteiger partial charge in [-0.05, 0) is 42.5 Å². The molecule has 0 unspecified atom stereocenters. The topological polar surface area (TPSA) is 42.2 Å². The van der Waals surface area contributed by atoms with E-state index in [0.29, 0.717) is 5.56 Å². The molecule has 3 heteroatoms. The fourth-order valence-electron chi connectivity index (χ4n) is 2.56. The lowest BCUT2D eigenvalue weighted by atomic mass is 9.84. The number of hydrogen-bond donors (Lipinski definition) is 1. The molecule has 1 N–H and O–H groups in total. The number of rotatable bonds is 2. The Balaban J connectivity index is 2.92. The minimum absolute atomic E-state index is 0.0819. The Hall–Kier alpha value is -1.77. The predicted octanol–water partition coefficient (Wildman–Crippen LogP) is 3.97. The summed E-state index contributed by atoms with van der Waals surface area (Å²) >= 11 is 0. The summed E-state index contributed by atoms with van der Waals surface area (Å²) in [6.45, 7) is 11.4. The van der Waals surface area contributed by atoms with Crippen LogP contribution in [0, 0.1) is 6.92 Å². The largest absolute Gasteiger partial charge is 0.478 e. The summed E-state index contributed by atoms with van der Waals surface area (Å²) in [5.74, 6) is -0.865. The Morgan fingerprint density at radius 3 is 2.42 bits per heavy atom. The quantitative estimate of drug-likeness (QED) is 0.886. The van der Waals surface area contributed by atoms with E-state index in [0.717, 1.165) is 28.6 Å². The van der Waals surface area contributed by atoms with Crippen molar-refractivity contribution in [2.24, 2.45) is 0 Å². The van der Waals surface area contributed by atoms with Gasteiger partial charge in [0.05, 0.1) is 11.1 Å². The maximum atomic E-state index is 11.3. The number of nitrogens with zero attached hydrogens (tertiary/aromatic N) is 1. The molecule has 0 aliphatic rings. The summed E-state index contributed by atoms with van der Waals surface area (Å²) in [5, 5.41) is 10.3. The van der Waals surface area contributed by atoms with Gasteiger partial charge in [0.25, 0.3) is 0 Å². The highest BCUT2D eigenvalue weighted by Crippen LogP contribution is 2.34. The zero-order valence-corrected chi connectivity index (χ0v) is 12.2. The minimum atomic E-state index is -0.865. The molecule has 0 amide bonds. The number of hydrogen-bond acceptors (Lipinski definition) is 1. The lowest BCUT2D eigenvalue weighted by Gasteiger charge is -2.22. The SMILES string of the molecule is CCn1cc(C)c2cc(C(=O)O)cc(C(C)(C)C)c21. The average molecular weight is 259 g/mol. The van der Waals surface area contributed by atoms with E-state index in [1.165, 1.54) is 0 Å². The van der Waals surface area contributed by atoms with E-state index in [1.54, 1.807) is 6.07 Å². The molecule has 2 rings (SSSR count). The van der Waals surface area contributed by atoms with Gasteiger partial charge in [0.1, 0.15) is 0 Å². The van der Waals surface area contributed by atoms with Crippen molar-refractivity contribution >= 4 is 16.9 Å². The molecule has 0 radical (unpaired) electrons. The van der Waals surface area contributed by atoms with E-state index >= 15 is 0 Å². The first-order valence-electron chi connectivity index (χ1n) is 6.63. The van der Waals surface area contributed by atoms with Crippen LogP contribution in [0.1, 0.15) is 49.2 Å². The molecule has 3 nitrogen and oxygen atoms in total. The van der Waals surface area contributed by atoms with E-state index in [4.69, 9.17) is 0 Å². The van der Waals surface area contributed by atoms with Gasteiger partial charge in [-0.2, -0.15) is 0 Å². The van der Waals surface area contributed by atoms with Gasteiger partial charge in [0.2, 0.25) is 0 Å². The average Bonchev–Trinajstić information content (AvgIpc) is 2.64. The number of carboxylic acid groups (broad SMARTS) is 1. The predicted molar refractivity (Wildman–Crippen MR) is 78.0 cm³/mol. The first-order chi connectivity index (χ1) is 8.75. The zero-order chi connectivity index (χ0) is 14.4. The molecule has 1 aromatic carbocycles. The monoisotopic (exact) mass is 259 g/mol. The maximum Gasteiger partial charge on any atom is 0.335 e. The number of carboxylic acids is 1. The molecule has 0 saturated carbocycles. The van der Waals surface area contributed by atoms with Gasteiger partial charge in [-0.25, -0.2) is 4.79 Å². The van der Waals surface area contributed by atoms with Crippen LogP contribution in [0.15, 0.2) is 18.3 Å². The molecule has 0 aliphatic heterocycles. The molecular weight excluding hydrogens is 238 g/mol. The van der Waals surface area contributed by atoms with Crippen LogP contribution >= 0.6 is 0 Å². The number of benzene rings is 1. The molecule has 0 saturated heterocycles. The van der Waals surface area contributed by atoms with Crippen molar-refractivity contribution in [3.05, 3.63) is 35.0 Å². The summed E-state index contributed by atoms with van der Waals surface area (Å²) in [7, 11) is 0. The van der Waals surface area contributed by atoms with E-state index in [2.05, 4.69) is 38.5 Å². The normalized spacial score (nSPS) is 12.1. The summed E-state index contributed by atoms with van der Waals surface area (Å²) in [6, 6.07) is 3.60. The first-order valence-corrected chi connectivity index (χ1v) is 6.63. The van der Waals surface area contributed by atoms with E-state index < -0.39 is 5.97 Å². The molecule has 1 heterocycles. The highest BCUT2D eigenvalue weighted by atomic mass is 16.4. The standard InChI is InChI=1S/C16H21NO2/c1-6-17-9-10(2)12-7-11(15(18)19)8-13(14(12)17)16(3,4)5/h7-9H,6H2,1-5H3,(H,18,19). The van der Waals surface area contributed by atoms with Crippen LogP contribution in [0.5, 0.6) is 0 Å². The molecular formula is C16H21NO2. The van der Waals surface area contributed by atoms with E-state index in [-0.39, 0.29) is 5.41 Å². The number of carbonyl (C=O) groups is 1. The second-order valence-corrected chi connectivity index (χ2v) is 6.07. The van der Waals surface area contributed by atoms with E-state index in [9.17, 15) is 9.90 Å². The molecule has 0 spiro atoms. The third-order valence-electron chi connectivity index (χ3n) is 3.57. The highest BCUT2D eigenvalue weighted by molar-refractivity contribution is 5.97.